The summed E-state index contributed by atoms with van der Waals surface area (Å²) in [6.45, 7) is 3.24. The fourth-order valence-electron chi connectivity index (χ4n) is 3.44. The number of aryl methyl sites for hydroxylation is 2. The highest BCUT2D eigenvalue weighted by Gasteiger charge is 2.32. The van der Waals surface area contributed by atoms with Crippen molar-refractivity contribution in [3.8, 4) is 5.75 Å². The molecule has 1 aliphatic carbocycles. The molecular formula is C21H22ClN3O3S. The number of anilines is 1. The average Bonchev–Trinajstić information content (AvgIpc) is 3.06. The van der Waals surface area contributed by atoms with Crippen molar-refractivity contribution < 1.29 is 14.3 Å². The third-order valence-electron chi connectivity index (χ3n) is 4.90. The molecule has 8 heteroatoms. The Labute approximate surface area is 178 Å². The van der Waals surface area contributed by atoms with E-state index in [9.17, 15) is 4.79 Å². The van der Waals surface area contributed by atoms with Crippen LogP contribution in [0.15, 0.2) is 24.3 Å². The standard InChI is InChI=1S/C21H22ClN3O3S/c1-21(2,28-13-9-7-12(22)8-10-13)20(26)27-11-16-24-18(23)17-14-5-3-4-6-15(14)29-19(17)25-16/h7-10H,3-6,11H2,1-2H3,(H2,23,24,25). The molecule has 0 amide bonds. The second-order valence-corrected chi connectivity index (χ2v) is 9.08. The molecule has 2 N–H and O–H groups in total. The quantitative estimate of drug-likeness (QED) is 0.589. The molecule has 0 atom stereocenters. The number of thiophene rings is 1. The van der Waals surface area contributed by atoms with Gasteiger partial charge in [-0.25, -0.2) is 14.8 Å². The Balaban J connectivity index is 1.47. The highest BCUT2D eigenvalue weighted by Crippen LogP contribution is 2.37. The Morgan fingerprint density at radius 3 is 2.69 bits per heavy atom. The van der Waals surface area contributed by atoms with E-state index < -0.39 is 11.6 Å². The maximum atomic E-state index is 12.6. The summed E-state index contributed by atoms with van der Waals surface area (Å²) in [4.78, 5) is 23.7. The van der Waals surface area contributed by atoms with E-state index in [2.05, 4.69) is 9.97 Å². The first-order valence-electron chi connectivity index (χ1n) is 9.52. The van der Waals surface area contributed by atoms with Crippen LogP contribution in [0.4, 0.5) is 5.82 Å². The van der Waals surface area contributed by atoms with Crippen molar-refractivity contribution in [3.05, 3.63) is 45.6 Å². The number of aromatic nitrogens is 2. The van der Waals surface area contributed by atoms with Crippen LogP contribution in [0.5, 0.6) is 5.75 Å². The van der Waals surface area contributed by atoms with E-state index in [4.69, 9.17) is 26.8 Å². The van der Waals surface area contributed by atoms with Gasteiger partial charge in [-0.3, -0.25) is 0 Å². The van der Waals surface area contributed by atoms with Gasteiger partial charge in [0.15, 0.2) is 18.0 Å². The van der Waals surface area contributed by atoms with E-state index in [0.29, 0.717) is 22.4 Å². The minimum atomic E-state index is -1.18. The first-order chi connectivity index (χ1) is 13.8. The van der Waals surface area contributed by atoms with Crippen molar-refractivity contribution in [2.45, 2.75) is 51.7 Å². The summed E-state index contributed by atoms with van der Waals surface area (Å²) in [5.41, 5.74) is 6.32. The number of hydrogen-bond donors (Lipinski definition) is 1. The maximum absolute atomic E-state index is 12.6. The van der Waals surface area contributed by atoms with Crippen LogP contribution in [-0.4, -0.2) is 21.5 Å². The van der Waals surface area contributed by atoms with Gasteiger partial charge in [0.1, 0.15) is 16.4 Å². The molecule has 1 aromatic carbocycles. The van der Waals surface area contributed by atoms with Gasteiger partial charge in [-0.15, -0.1) is 11.3 Å². The van der Waals surface area contributed by atoms with Crippen LogP contribution >= 0.6 is 22.9 Å². The molecule has 4 rings (SSSR count). The summed E-state index contributed by atoms with van der Waals surface area (Å²) in [6, 6.07) is 6.80. The summed E-state index contributed by atoms with van der Waals surface area (Å²) in [5, 5.41) is 1.56. The summed E-state index contributed by atoms with van der Waals surface area (Å²) in [5.74, 6) is 0.865. The van der Waals surface area contributed by atoms with Crippen LogP contribution < -0.4 is 10.5 Å². The van der Waals surface area contributed by atoms with Crippen molar-refractivity contribution in [1.29, 1.82) is 0 Å². The zero-order valence-electron chi connectivity index (χ0n) is 16.3. The van der Waals surface area contributed by atoms with E-state index >= 15 is 0 Å². The third kappa shape index (κ3) is 4.16. The average molecular weight is 432 g/mol. The van der Waals surface area contributed by atoms with Crippen molar-refractivity contribution in [3.63, 3.8) is 0 Å². The van der Waals surface area contributed by atoms with Gasteiger partial charge >= 0.3 is 5.97 Å². The number of rotatable bonds is 5. The predicted molar refractivity (Wildman–Crippen MR) is 114 cm³/mol. The molecule has 152 valence electrons. The summed E-state index contributed by atoms with van der Waals surface area (Å²) in [6.07, 6.45) is 4.45. The number of carbonyl (C=O) groups is 1. The van der Waals surface area contributed by atoms with Gasteiger partial charge in [-0.1, -0.05) is 11.6 Å². The number of nitrogens with two attached hydrogens (primary N) is 1. The van der Waals surface area contributed by atoms with Crippen LogP contribution in [0.25, 0.3) is 10.2 Å². The highest BCUT2D eigenvalue weighted by atomic mass is 35.5. The van der Waals surface area contributed by atoms with Gasteiger partial charge in [0.2, 0.25) is 0 Å². The smallest absolute Gasteiger partial charge is 0.350 e. The van der Waals surface area contributed by atoms with E-state index in [1.165, 1.54) is 23.3 Å². The van der Waals surface area contributed by atoms with Crippen molar-refractivity contribution >= 4 is 44.9 Å². The normalized spacial score (nSPS) is 13.9. The molecule has 3 aromatic rings. The number of halogens is 1. The Bertz CT molecular complexity index is 1060. The largest absolute Gasteiger partial charge is 0.476 e. The second kappa shape index (κ2) is 7.80. The van der Waals surface area contributed by atoms with E-state index in [1.807, 2.05) is 0 Å². The number of esters is 1. The lowest BCUT2D eigenvalue weighted by Gasteiger charge is -2.24. The zero-order valence-corrected chi connectivity index (χ0v) is 17.9. The molecule has 29 heavy (non-hydrogen) atoms. The molecular weight excluding hydrogens is 410 g/mol. The van der Waals surface area contributed by atoms with Gasteiger partial charge in [0.05, 0.1) is 5.39 Å². The fraction of sp³-hybridized carbons (Fsp3) is 0.381. The molecule has 1 aliphatic rings. The number of benzene rings is 1. The lowest BCUT2D eigenvalue weighted by atomic mass is 9.97. The number of fused-ring (bicyclic) bond motifs is 3. The van der Waals surface area contributed by atoms with Crippen LogP contribution in [0.2, 0.25) is 5.02 Å². The van der Waals surface area contributed by atoms with Gasteiger partial charge < -0.3 is 15.2 Å². The predicted octanol–water partition coefficient (Wildman–Crippen LogP) is 4.71. The van der Waals surface area contributed by atoms with E-state index in [0.717, 1.165) is 23.1 Å². The monoisotopic (exact) mass is 431 g/mol. The summed E-state index contributed by atoms with van der Waals surface area (Å²) >= 11 is 7.54. The van der Waals surface area contributed by atoms with Crippen molar-refractivity contribution in [1.82, 2.24) is 9.97 Å². The third-order valence-corrected chi connectivity index (χ3v) is 6.34. The Morgan fingerprint density at radius 2 is 1.93 bits per heavy atom. The number of ether oxygens (including phenoxy) is 2. The van der Waals surface area contributed by atoms with Gasteiger partial charge in [-0.05, 0) is 69.4 Å². The number of nitrogen functional groups attached to an aromatic ring is 1. The molecule has 0 radical (unpaired) electrons. The zero-order chi connectivity index (χ0) is 20.6. The van der Waals surface area contributed by atoms with Crippen LogP contribution in [0.1, 0.15) is 43.0 Å². The Hall–Kier alpha value is -2.38. The molecule has 0 saturated heterocycles. The minimum absolute atomic E-state index is 0.0606. The molecule has 0 bridgehead atoms. The molecule has 2 aromatic heterocycles. The Morgan fingerprint density at radius 1 is 1.21 bits per heavy atom. The number of nitrogens with zero attached hydrogens (tertiary/aromatic N) is 2. The molecule has 0 aliphatic heterocycles. The first-order valence-corrected chi connectivity index (χ1v) is 10.7. The lowest BCUT2D eigenvalue weighted by molar-refractivity contribution is -0.160. The molecule has 6 nitrogen and oxygen atoms in total. The number of carbonyl (C=O) groups excluding carboxylic acids is 1. The molecule has 0 fully saturated rings. The first kappa shape index (κ1) is 19.9. The van der Waals surface area contributed by atoms with E-state index in [1.54, 1.807) is 49.4 Å². The maximum Gasteiger partial charge on any atom is 0.350 e. The van der Waals surface area contributed by atoms with E-state index in [-0.39, 0.29) is 6.61 Å². The fourth-order valence-corrected chi connectivity index (χ4v) is 4.85. The van der Waals surface area contributed by atoms with Crippen LogP contribution in [0.3, 0.4) is 0 Å². The topological polar surface area (TPSA) is 87.3 Å². The molecule has 2 heterocycles. The minimum Gasteiger partial charge on any atom is -0.476 e. The summed E-state index contributed by atoms with van der Waals surface area (Å²) in [7, 11) is 0. The van der Waals surface area contributed by atoms with Gasteiger partial charge in [0.25, 0.3) is 0 Å². The highest BCUT2D eigenvalue weighted by molar-refractivity contribution is 7.19. The summed E-state index contributed by atoms with van der Waals surface area (Å²) < 4.78 is 11.2. The number of hydrogen-bond acceptors (Lipinski definition) is 7. The molecule has 0 unspecified atom stereocenters. The van der Waals surface area contributed by atoms with Gasteiger partial charge in [-0.2, -0.15) is 0 Å². The Kier molecular flexibility index (Phi) is 5.36. The van der Waals surface area contributed by atoms with Crippen LogP contribution in [-0.2, 0) is 29.0 Å². The van der Waals surface area contributed by atoms with Gasteiger partial charge in [0, 0.05) is 9.90 Å². The second-order valence-electron chi connectivity index (χ2n) is 7.56. The molecule has 0 spiro atoms. The van der Waals surface area contributed by atoms with Crippen molar-refractivity contribution in [2.24, 2.45) is 0 Å². The van der Waals surface area contributed by atoms with Crippen molar-refractivity contribution in [2.75, 3.05) is 5.73 Å². The van der Waals surface area contributed by atoms with Crippen LogP contribution in [0, 0.1) is 0 Å². The molecule has 0 saturated carbocycles. The lowest BCUT2D eigenvalue weighted by Crippen LogP contribution is -2.39. The SMILES string of the molecule is CC(C)(Oc1ccc(Cl)cc1)C(=O)OCc1nc(N)c2c3c(sc2n1)CCCC3.